The number of anilines is 1. The van der Waals surface area contributed by atoms with Crippen LogP contribution in [0.15, 0.2) is 54.7 Å². The van der Waals surface area contributed by atoms with Crippen LogP contribution in [0.25, 0.3) is 11.3 Å². The van der Waals surface area contributed by atoms with Gasteiger partial charge in [0.2, 0.25) is 0 Å². The quantitative estimate of drug-likeness (QED) is 0.502. The third-order valence-corrected chi connectivity index (χ3v) is 6.23. The molecule has 1 aliphatic rings. The number of rotatable bonds is 7. The first-order valence-electron chi connectivity index (χ1n) is 10.1. The van der Waals surface area contributed by atoms with Crippen molar-refractivity contribution < 1.29 is 0 Å². The zero-order valence-corrected chi connectivity index (χ0v) is 17.9. The molecule has 2 aromatic carbocycles. The highest BCUT2D eigenvalue weighted by Crippen LogP contribution is 2.32. The monoisotopic (exact) mass is 429 g/mol. The van der Waals surface area contributed by atoms with Gasteiger partial charge in [-0.3, -0.25) is 4.90 Å². The second-order valence-electron chi connectivity index (χ2n) is 7.32. The SMILES string of the molecule is Clc1cccc(N2CCN(CCCCn3nncc3-c3ccccc3)CC2)c1Cl. The Bertz CT molecular complexity index is 920. The maximum atomic E-state index is 6.37. The van der Waals surface area contributed by atoms with Crippen molar-refractivity contribution in [3.05, 3.63) is 64.8 Å². The van der Waals surface area contributed by atoms with E-state index in [2.05, 4.69) is 32.2 Å². The van der Waals surface area contributed by atoms with Crippen molar-refractivity contribution in [3.8, 4) is 11.3 Å². The summed E-state index contributed by atoms with van der Waals surface area (Å²) in [4.78, 5) is 4.85. The summed E-state index contributed by atoms with van der Waals surface area (Å²) < 4.78 is 2.01. The molecule has 1 aliphatic heterocycles. The summed E-state index contributed by atoms with van der Waals surface area (Å²) in [5.74, 6) is 0. The minimum atomic E-state index is 0.620. The van der Waals surface area contributed by atoms with Crippen molar-refractivity contribution >= 4 is 28.9 Å². The molecule has 0 aliphatic carbocycles. The largest absolute Gasteiger partial charge is 0.368 e. The Morgan fingerprint density at radius 1 is 0.828 bits per heavy atom. The van der Waals surface area contributed by atoms with Crippen LogP contribution in [0.5, 0.6) is 0 Å². The second kappa shape index (κ2) is 9.61. The summed E-state index contributed by atoms with van der Waals surface area (Å²) >= 11 is 12.5. The number of hydrogen-bond acceptors (Lipinski definition) is 4. The molecule has 3 aromatic rings. The maximum absolute atomic E-state index is 6.37. The van der Waals surface area contributed by atoms with Crippen LogP contribution in [0.4, 0.5) is 5.69 Å². The van der Waals surface area contributed by atoms with Crippen LogP contribution >= 0.6 is 23.2 Å². The predicted octanol–water partition coefficient (Wildman–Crippen LogP) is 4.85. The summed E-state index contributed by atoms with van der Waals surface area (Å²) in [5.41, 5.74) is 3.28. The number of aryl methyl sites for hydroxylation is 1. The van der Waals surface area contributed by atoms with E-state index in [9.17, 15) is 0 Å². The van der Waals surface area contributed by atoms with Gasteiger partial charge in [-0.25, -0.2) is 4.68 Å². The first-order chi connectivity index (χ1) is 14.2. The van der Waals surface area contributed by atoms with E-state index in [1.807, 2.05) is 47.3 Å². The van der Waals surface area contributed by atoms with E-state index >= 15 is 0 Å². The van der Waals surface area contributed by atoms with Crippen molar-refractivity contribution in [3.63, 3.8) is 0 Å². The summed E-state index contributed by atoms with van der Waals surface area (Å²) in [7, 11) is 0. The van der Waals surface area contributed by atoms with E-state index in [-0.39, 0.29) is 0 Å². The van der Waals surface area contributed by atoms with Crippen LogP contribution in [0.2, 0.25) is 10.0 Å². The number of aromatic nitrogens is 3. The summed E-state index contributed by atoms with van der Waals surface area (Å²) in [5, 5.41) is 9.63. The number of piperazine rings is 1. The van der Waals surface area contributed by atoms with E-state index < -0.39 is 0 Å². The Morgan fingerprint density at radius 3 is 2.38 bits per heavy atom. The van der Waals surface area contributed by atoms with E-state index in [0.29, 0.717) is 10.0 Å². The Balaban J connectivity index is 1.22. The number of hydrogen-bond donors (Lipinski definition) is 0. The van der Waals surface area contributed by atoms with Crippen molar-refractivity contribution in [1.82, 2.24) is 19.9 Å². The summed E-state index contributed by atoms with van der Waals surface area (Å²) in [6.45, 7) is 6.03. The fourth-order valence-electron chi connectivity index (χ4n) is 3.80. The average Bonchev–Trinajstić information content (AvgIpc) is 3.23. The molecule has 1 aromatic heterocycles. The van der Waals surface area contributed by atoms with Crippen LogP contribution in [0.1, 0.15) is 12.8 Å². The van der Waals surface area contributed by atoms with Gasteiger partial charge in [0.25, 0.3) is 0 Å². The Kier molecular flexibility index (Phi) is 6.70. The van der Waals surface area contributed by atoms with Crippen molar-refractivity contribution in [2.24, 2.45) is 0 Å². The molecule has 0 amide bonds. The fraction of sp³-hybridized carbons (Fsp3) is 0.364. The van der Waals surface area contributed by atoms with Gasteiger partial charge < -0.3 is 4.90 Å². The highest BCUT2D eigenvalue weighted by molar-refractivity contribution is 6.43. The molecule has 4 rings (SSSR count). The molecule has 0 spiro atoms. The maximum Gasteiger partial charge on any atom is 0.0885 e. The Hall–Kier alpha value is -2.08. The van der Waals surface area contributed by atoms with Crippen LogP contribution in [0, 0.1) is 0 Å². The Labute approximate surface area is 181 Å². The molecule has 0 unspecified atom stereocenters. The van der Waals surface area contributed by atoms with E-state index in [0.717, 1.165) is 69.1 Å². The molecule has 7 heteroatoms. The minimum absolute atomic E-state index is 0.620. The summed E-state index contributed by atoms with van der Waals surface area (Å²) in [6.07, 6.45) is 4.07. The standard InChI is InChI=1S/C22H25Cl2N5/c23-19-9-6-10-20(22(19)24)28-15-13-27(14-16-28)11-4-5-12-29-21(17-25-26-29)18-7-2-1-3-8-18/h1-3,6-10,17H,4-5,11-16H2. The van der Waals surface area contributed by atoms with Crippen LogP contribution in [-0.4, -0.2) is 52.6 Å². The van der Waals surface area contributed by atoms with Gasteiger partial charge in [0, 0.05) is 38.3 Å². The zero-order valence-electron chi connectivity index (χ0n) is 16.3. The molecular weight excluding hydrogens is 405 g/mol. The number of benzene rings is 2. The molecule has 0 N–H and O–H groups in total. The molecule has 0 bridgehead atoms. The lowest BCUT2D eigenvalue weighted by molar-refractivity contribution is 0.251. The van der Waals surface area contributed by atoms with E-state index in [4.69, 9.17) is 23.2 Å². The lowest BCUT2D eigenvalue weighted by Crippen LogP contribution is -2.46. The minimum Gasteiger partial charge on any atom is -0.368 e. The first-order valence-corrected chi connectivity index (χ1v) is 10.8. The van der Waals surface area contributed by atoms with Crippen molar-refractivity contribution in [2.45, 2.75) is 19.4 Å². The molecule has 29 heavy (non-hydrogen) atoms. The average molecular weight is 430 g/mol. The zero-order chi connectivity index (χ0) is 20.1. The third kappa shape index (κ3) is 4.92. The van der Waals surface area contributed by atoms with Gasteiger partial charge in [-0.2, -0.15) is 0 Å². The van der Waals surface area contributed by atoms with Crippen LogP contribution in [-0.2, 0) is 6.54 Å². The molecule has 1 fully saturated rings. The molecule has 5 nitrogen and oxygen atoms in total. The molecule has 152 valence electrons. The van der Waals surface area contributed by atoms with Gasteiger partial charge in [0.05, 0.1) is 27.6 Å². The lowest BCUT2D eigenvalue weighted by atomic mass is 10.1. The number of nitrogens with zero attached hydrogens (tertiary/aromatic N) is 5. The van der Waals surface area contributed by atoms with Gasteiger partial charge in [0.15, 0.2) is 0 Å². The highest BCUT2D eigenvalue weighted by Gasteiger charge is 2.19. The normalized spacial score (nSPS) is 15.0. The van der Waals surface area contributed by atoms with Gasteiger partial charge in [-0.15, -0.1) is 5.10 Å². The predicted molar refractivity (Wildman–Crippen MR) is 120 cm³/mol. The van der Waals surface area contributed by atoms with Gasteiger partial charge in [0.1, 0.15) is 0 Å². The van der Waals surface area contributed by atoms with Crippen LogP contribution < -0.4 is 4.90 Å². The van der Waals surface area contributed by atoms with Crippen molar-refractivity contribution in [1.29, 1.82) is 0 Å². The molecule has 0 saturated carbocycles. The Morgan fingerprint density at radius 2 is 1.59 bits per heavy atom. The molecule has 1 saturated heterocycles. The smallest absolute Gasteiger partial charge is 0.0885 e. The first kappa shape index (κ1) is 20.2. The van der Waals surface area contributed by atoms with Crippen molar-refractivity contribution in [2.75, 3.05) is 37.6 Å². The molecule has 0 radical (unpaired) electrons. The highest BCUT2D eigenvalue weighted by atomic mass is 35.5. The third-order valence-electron chi connectivity index (χ3n) is 5.43. The lowest BCUT2D eigenvalue weighted by Gasteiger charge is -2.36. The van der Waals surface area contributed by atoms with Gasteiger partial charge in [-0.1, -0.05) is 64.8 Å². The number of halogens is 2. The topological polar surface area (TPSA) is 37.2 Å². The molecular formula is C22H25Cl2N5. The second-order valence-corrected chi connectivity index (χ2v) is 8.10. The van der Waals surface area contributed by atoms with E-state index in [1.54, 1.807) is 0 Å². The summed E-state index contributed by atoms with van der Waals surface area (Å²) in [6, 6.07) is 16.2. The molecule has 2 heterocycles. The van der Waals surface area contributed by atoms with E-state index in [1.165, 1.54) is 0 Å². The van der Waals surface area contributed by atoms with Gasteiger partial charge >= 0.3 is 0 Å². The number of unbranched alkanes of at least 4 members (excludes halogenated alkanes) is 1. The van der Waals surface area contributed by atoms with Crippen LogP contribution in [0.3, 0.4) is 0 Å². The molecule has 0 atom stereocenters. The van der Waals surface area contributed by atoms with Gasteiger partial charge in [-0.05, 0) is 31.5 Å². The fourth-order valence-corrected chi connectivity index (χ4v) is 4.22.